The van der Waals surface area contributed by atoms with Crippen molar-refractivity contribution in [1.29, 1.82) is 0 Å². The van der Waals surface area contributed by atoms with Gasteiger partial charge in [-0.05, 0) is 47.9 Å². The molecule has 0 fully saturated rings. The first-order chi connectivity index (χ1) is 16.6. The number of pyridine rings is 1. The molecule has 0 saturated carbocycles. The van der Waals surface area contributed by atoms with Crippen molar-refractivity contribution in [3.8, 4) is 11.6 Å². The summed E-state index contributed by atoms with van der Waals surface area (Å²) in [4.78, 5) is 28.5. The zero-order chi connectivity index (χ0) is 25.4. The van der Waals surface area contributed by atoms with Crippen LogP contribution >= 0.6 is 11.6 Å². The van der Waals surface area contributed by atoms with Crippen LogP contribution in [0.2, 0.25) is 5.02 Å². The Morgan fingerprint density at radius 2 is 1.74 bits per heavy atom. The van der Waals surface area contributed by atoms with Crippen LogP contribution in [0.5, 0.6) is 5.88 Å². The van der Waals surface area contributed by atoms with Gasteiger partial charge in [-0.25, -0.2) is 4.68 Å². The maximum atomic E-state index is 13.8. The molecular formula is C27H29ClN4O3. The Balaban J connectivity index is 2.00. The van der Waals surface area contributed by atoms with Crippen LogP contribution in [0.1, 0.15) is 57.4 Å². The summed E-state index contributed by atoms with van der Waals surface area (Å²) in [6.07, 6.45) is 4.37. The molecule has 0 bridgehead atoms. The summed E-state index contributed by atoms with van der Waals surface area (Å²) in [7, 11) is 0. The summed E-state index contributed by atoms with van der Waals surface area (Å²) >= 11 is 6.16. The van der Waals surface area contributed by atoms with E-state index < -0.39 is 17.7 Å². The van der Waals surface area contributed by atoms with Crippen molar-refractivity contribution in [2.24, 2.45) is 5.92 Å². The van der Waals surface area contributed by atoms with E-state index >= 15 is 0 Å². The van der Waals surface area contributed by atoms with Crippen molar-refractivity contribution < 1.29 is 19.3 Å². The number of nitrogens with zero attached hydrogens (tertiary/aromatic N) is 4. The van der Waals surface area contributed by atoms with Gasteiger partial charge in [0.15, 0.2) is 12.4 Å². The Hall–Kier alpha value is -3.45. The Morgan fingerprint density at radius 3 is 2.31 bits per heavy atom. The molecule has 7 nitrogen and oxygen atoms in total. The standard InChI is InChI=1S/C27H29ClN4O3/c1-6-18-10-12-30(13-11-18)24-22(25(33)31(27(24)35)15-16(2)3)21-23(17(4)5)29-32(26(21)34)20-9-7-8-19(28)14-20/h7-14,16-17H,6,15H2,1-5H3. The average Bonchev–Trinajstić information content (AvgIpc) is 3.28. The first-order valence-corrected chi connectivity index (χ1v) is 12.2. The molecule has 3 heterocycles. The van der Waals surface area contributed by atoms with Crippen LogP contribution in [0.25, 0.3) is 17.0 Å². The molecule has 3 aromatic rings. The van der Waals surface area contributed by atoms with Gasteiger partial charge < -0.3 is 5.11 Å². The molecule has 0 aliphatic carbocycles. The number of benzene rings is 1. The van der Waals surface area contributed by atoms with Crippen molar-refractivity contribution in [2.75, 3.05) is 6.54 Å². The van der Waals surface area contributed by atoms with Crippen LogP contribution in [-0.2, 0) is 16.0 Å². The summed E-state index contributed by atoms with van der Waals surface area (Å²) in [5.41, 5.74) is 2.47. The van der Waals surface area contributed by atoms with Crippen molar-refractivity contribution in [3.63, 3.8) is 0 Å². The minimum Gasteiger partial charge on any atom is -0.858 e. The first kappa shape index (κ1) is 24.7. The Morgan fingerprint density at radius 1 is 1.06 bits per heavy atom. The monoisotopic (exact) mass is 492 g/mol. The van der Waals surface area contributed by atoms with Crippen LogP contribution in [-0.4, -0.2) is 33.0 Å². The second kappa shape index (κ2) is 9.66. The van der Waals surface area contributed by atoms with Crippen LogP contribution in [0, 0.1) is 5.92 Å². The Labute approximate surface area is 210 Å². The molecular weight excluding hydrogens is 464 g/mol. The summed E-state index contributed by atoms with van der Waals surface area (Å²) in [6.45, 7) is 10.00. The van der Waals surface area contributed by atoms with Crippen molar-refractivity contribution in [2.45, 2.75) is 47.0 Å². The number of rotatable bonds is 7. The van der Waals surface area contributed by atoms with E-state index in [1.807, 2.05) is 46.8 Å². The van der Waals surface area contributed by atoms with Gasteiger partial charge in [0, 0.05) is 29.3 Å². The lowest BCUT2D eigenvalue weighted by Gasteiger charge is -2.17. The predicted octanol–water partition coefficient (Wildman–Crippen LogP) is 3.97. The van der Waals surface area contributed by atoms with E-state index in [0.29, 0.717) is 16.4 Å². The number of halogens is 1. The van der Waals surface area contributed by atoms with E-state index in [4.69, 9.17) is 11.6 Å². The Kier molecular flexibility index (Phi) is 6.81. The molecule has 1 aromatic carbocycles. The molecule has 182 valence electrons. The molecule has 0 N–H and O–H groups in total. The van der Waals surface area contributed by atoms with Gasteiger partial charge in [-0.15, -0.1) is 0 Å². The number of hydrogen-bond acceptors (Lipinski definition) is 4. The first-order valence-electron chi connectivity index (χ1n) is 11.8. The van der Waals surface area contributed by atoms with Crippen molar-refractivity contribution in [1.82, 2.24) is 14.7 Å². The lowest BCUT2D eigenvalue weighted by Crippen LogP contribution is -2.40. The fraction of sp³-hybridized carbons (Fsp3) is 0.333. The summed E-state index contributed by atoms with van der Waals surface area (Å²) in [5.74, 6) is -1.45. The fourth-order valence-electron chi connectivity index (χ4n) is 4.24. The zero-order valence-corrected chi connectivity index (χ0v) is 21.3. The molecule has 0 atom stereocenters. The molecule has 1 aliphatic rings. The van der Waals surface area contributed by atoms with Crippen molar-refractivity contribution >= 4 is 34.7 Å². The number of imide groups is 1. The van der Waals surface area contributed by atoms with Gasteiger partial charge in [0.1, 0.15) is 5.57 Å². The summed E-state index contributed by atoms with van der Waals surface area (Å²) in [6, 6.07) is 10.6. The highest BCUT2D eigenvalue weighted by atomic mass is 35.5. The van der Waals surface area contributed by atoms with Gasteiger partial charge in [-0.2, -0.15) is 9.67 Å². The number of amides is 2. The van der Waals surface area contributed by atoms with E-state index in [-0.39, 0.29) is 35.2 Å². The highest BCUT2D eigenvalue weighted by Crippen LogP contribution is 2.39. The van der Waals surface area contributed by atoms with E-state index in [0.717, 1.165) is 12.0 Å². The third kappa shape index (κ3) is 4.48. The highest BCUT2D eigenvalue weighted by Gasteiger charge is 2.47. The zero-order valence-electron chi connectivity index (χ0n) is 20.6. The molecule has 2 aromatic heterocycles. The Bertz CT molecular complexity index is 1320. The number of carbonyl (C=O) groups excluding carboxylic acids is 2. The molecule has 1 aliphatic heterocycles. The predicted molar refractivity (Wildman–Crippen MR) is 133 cm³/mol. The number of aryl methyl sites for hydroxylation is 1. The SMILES string of the molecule is CCc1cc[n+](C2=C(c3c(C(C)C)nn(-c4cccc(Cl)c4)c3[O-])C(=O)N(CC(C)C)C2=O)cc1. The highest BCUT2D eigenvalue weighted by molar-refractivity contribution is 6.45. The van der Waals surface area contributed by atoms with Gasteiger partial charge in [0.25, 0.3) is 11.6 Å². The third-order valence-electron chi connectivity index (χ3n) is 5.98. The fourth-order valence-corrected chi connectivity index (χ4v) is 4.43. The smallest absolute Gasteiger partial charge is 0.326 e. The second-order valence-corrected chi connectivity index (χ2v) is 9.85. The minimum absolute atomic E-state index is 0.0708. The van der Waals surface area contributed by atoms with Crippen LogP contribution in [0.4, 0.5) is 0 Å². The van der Waals surface area contributed by atoms with Crippen molar-refractivity contribution in [3.05, 3.63) is 70.6 Å². The van der Waals surface area contributed by atoms with Gasteiger partial charge in [0.2, 0.25) is 0 Å². The van der Waals surface area contributed by atoms with Gasteiger partial charge in [-0.3, -0.25) is 14.5 Å². The van der Waals surface area contributed by atoms with Gasteiger partial charge in [0.05, 0.1) is 11.4 Å². The molecule has 4 rings (SSSR count). The normalized spacial score (nSPS) is 14.2. The lowest BCUT2D eigenvalue weighted by molar-refractivity contribution is -0.577. The van der Waals surface area contributed by atoms with Gasteiger partial charge >= 0.3 is 5.91 Å². The van der Waals surface area contributed by atoms with E-state index in [2.05, 4.69) is 5.10 Å². The molecule has 2 amide bonds. The second-order valence-electron chi connectivity index (χ2n) is 9.42. The number of hydrogen-bond donors (Lipinski definition) is 0. The van der Waals surface area contributed by atoms with E-state index in [1.54, 1.807) is 41.2 Å². The quantitative estimate of drug-likeness (QED) is 0.369. The molecule has 0 spiro atoms. The lowest BCUT2D eigenvalue weighted by atomic mass is 9.98. The molecule has 0 radical (unpaired) electrons. The van der Waals surface area contributed by atoms with Crippen LogP contribution in [0.3, 0.4) is 0 Å². The number of carbonyl (C=O) groups is 2. The average molecular weight is 493 g/mol. The third-order valence-corrected chi connectivity index (χ3v) is 6.21. The molecule has 0 unspecified atom stereocenters. The van der Waals surface area contributed by atoms with Crippen LogP contribution < -0.4 is 9.67 Å². The van der Waals surface area contributed by atoms with E-state index in [1.165, 1.54) is 9.58 Å². The van der Waals surface area contributed by atoms with Crippen LogP contribution in [0.15, 0.2) is 48.8 Å². The topological polar surface area (TPSA) is 82.1 Å². The maximum absolute atomic E-state index is 13.8. The van der Waals surface area contributed by atoms with Gasteiger partial charge in [-0.1, -0.05) is 52.3 Å². The maximum Gasteiger partial charge on any atom is 0.326 e. The summed E-state index contributed by atoms with van der Waals surface area (Å²) in [5, 5.41) is 18.8. The molecule has 8 heteroatoms. The largest absolute Gasteiger partial charge is 0.858 e. The molecule has 0 saturated heterocycles. The minimum atomic E-state index is -0.476. The number of aromatic nitrogens is 3. The van der Waals surface area contributed by atoms with E-state index in [9.17, 15) is 14.7 Å². The summed E-state index contributed by atoms with van der Waals surface area (Å²) < 4.78 is 2.89. The molecule has 35 heavy (non-hydrogen) atoms.